The molecule has 0 aromatic heterocycles. The molecule has 0 aliphatic carbocycles. The molecule has 35 heavy (non-hydrogen) atoms. The van der Waals surface area contributed by atoms with E-state index in [1.54, 1.807) is 6.07 Å². The number of thiocarbonyl (C=S) groups is 1. The molecule has 3 N–H and O–H groups in total. The monoisotopic (exact) mass is 499 g/mol. The van der Waals surface area contributed by atoms with Crippen LogP contribution < -0.4 is 20.9 Å². The van der Waals surface area contributed by atoms with Gasteiger partial charge in [0, 0.05) is 12.8 Å². The largest absolute Gasteiger partial charge is 0.483 e. The highest BCUT2D eigenvalue weighted by atomic mass is 32.1. The van der Waals surface area contributed by atoms with Crippen molar-refractivity contribution in [3.63, 3.8) is 0 Å². The molecule has 2 rings (SSSR count). The van der Waals surface area contributed by atoms with Crippen LogP contribution in [-0.4, -0.2) is 36.1 Å². The number of carbonyl (C=O) groups is 3. The molecular formula is C26H33N3O5S. The van der Waals surface area contributed by atoms with Crippen molar-refractivity contribution in [2.24, 2.45) is 0 Å². The fourth-order valence-electron chi connectivity index (χ4n) is 3.19. The Morgan fingerprint density at radius 1 is 0.886 bits per heavy atom. The quantitative estimate of drug-likeness (QED) is 0.177. The van der Waals surface area contributed by atoms with Gasteiger partial charge in [-0.1, -0.05) is 62.4 Å². The van der Waals surface area contributed by atoms with Crippen LogP contribution in [0, 0.1) is 0 Å². The maximum Gasteiger partial charge on any atom is 0.305 e. The molecule has 0 saturated heterocycles. The second kappa shape index (κ2) is 15.4. The topological polar surface area (TPSA) is 106 Å². The summed E-state index contributed by atoms with van der Waals surface area (Å²) in [6.45, 7) is 4.23. The van der Waals surface area contributed by atoms with E-state index < -0.39 is 5.91 Å². The predicted octanol–water partition coefficient (Wildman–Crippen LogP) is 3.56. The Labute approximate surface area is 211 Å². The summed E-state index contributed by atoms with van der Waals surface area (Å²) in [5.41, 5.74) is 7.05. The number of esters is 1. The number of para-hydroxylation sites is 1. The Kier molecular flexibility index (Phi) is 12.3. The summed E-state index contributed by atoms with van der Waals surface area (Å²) in [7, 11) is 0. The summed E-state index contributed by atoms with van der Waals surface area (Å²) >= 11 is 5.00. The zero-order valence-corrected chi connectivity index (χ0v) is 21.0. The van der Waals surface area contributed by atoms with Crippen LogP contribution in [0.3, 0.4) is 0 Å². The molecule has 0 bridgehead atoms. The molecule has 0 aliphatic heterocycles. The number of hydrogen-bond donors (Lipinski definition) is 3. The van der Waals surface area contributed by atoms with E-state index in [2.05, 4.69) is 16.2 Å². The maximum atomic E-state index is 12.0. The molecule has 9 heteroatoms. The normalized spacial score (nSPS) is 10.4. The van der Waals surface area contributed by atoms with Crippen LogP contribution in [-0.2, 0) is 25.5 Å². The van der Waals surface area contributed by atoms with E-state index in [1.165, 1.54) is 5.56 Å². The number of ether oxygens (including phenoxy) is 2. The molecule has 0 saturated carbocycles. The van der Waals surface area contributed by atoms with Gasteiger partial charge in [0.25, 0.3) is 5.91 Å². The second-order valence-electron chi connectivity index (χ2n) is 8.19. The van der Waals surface area contributed by atoms with E-state index >= 15 is 0 Å². The minimum Gasteiger partial charge on any atom is -0.483 e. The Morgan fingerprint density at radius 2 is 1.60 bits per heavy atom. The predicted molar refractivity (Wildman–Crippen MR) is 138 cm³/mol. The standard InChI is InChI=1S/C26H33N3O5S/c1-19(2)21-13-6-7-14-22(21)34-18-24(31)28-29-26(35)27-23(30)15-8-16-25(32)33-17-9-12-20-10-4-3-5-11-20/h3-7,10-11,13-14,19H,8-9,12,15-18H2,1-2H3,(H,28,31)(H2,27,29,30,35). The van der Waals surface area contributed by atoms with E-state index in [9.17, 15) is 14.4 Å². The number of carbonyl (C=O) groups excluding carboxylic acids is 3. The zero-order valence-electron chi connectivity index (χ0n) is 20.2. The average molecular weight is 500 g/mol. The third-order valence-corrected chi connectivity index (χ3v) is 5.17. The molecule has 188 valence electrons. The van der Waals surface area contributed by atoms with E-state index in [0.29, 0.717) is 18.8 Å². The molecule has 2 aromatic carbocycles. The van der Waals surface area contributed by atoms with Gasteiger partial charge in [0.05, 0.1) is 6.61 Å². The van der Waals surface area contributed by atoms with Crippen LogP contribution in [0.4, 0.5) is 0 Å². The number of benzene rings is 2. The first kappa shape index (κ1) is 27.8. The number of nitrogens with one attached hydrogen (secondary N) is 3. The second-order valence-corrected chi connectivity index (χ2v) is 8.60. The molecule has 8 nitrogen and oxygen atoms in total. The molecule has 0 fully saturated rings. The lowest BCUT2D eigenvalue weighted by Gasteiger charge is -2.14. The van der Waals surface area contributed by atoms with Gasteiger partial charge in [-0.15, -0.1) is 0 Å². The molecule has 0 unspecified atom stereocenters. The van der Waals surface area contributed by atoms with Gasteiger partial charge in [-0.05, 0) is 54.6 Å². The van der Waals surface area contributed by atoms with Crippen LogP contribution in [0.25, 0.3) is 0 Å². The van der Waals surface area contributed by atoms with Gasteiger partial charge in [-0.3, -0.25) is 25.2 Å². The lowest BCUT2D eigenvalue weighted by atomic mass is 10.0. The number of aryl methyl sites for hydroxylation is 1. The van der Waals surface area contributed by atoms with Crippen molar-refractivity contribution in [1.29, 1.82) is 0 Å². The first-order valence-corrected chi connectivity index (χ1v) is 12.1. The van der Waals surface area contributed by atoms with Gasteiger partial charge in [-0.2, -0.15) is 0 Å². The van der Waals surface area contributed by atoms with Gasteiger partial charge >= 0.3 is 5.97 Å². The summed E-state index contributed by atoms with van der Waals surface area (Å²) in [5.74, 6) is -0.247. The lowest BCUT2D eigenvalue weighted by Crippen LogP contribution is -2.49. The van der Waals surface area contributed by atoms with Crippen LogP contribution in [0.15, 0.2) is 54.6 Å². The van der Waals surface area contributed by atoms with Crippen molar-refractivity contribution in [2.75, 3.05) is 13.2 Å². The zero-order chi connectivity index (χ0) is 25.5. The summed E-state index contributed by atoms with van der Waals surface area (Å²) < 4.78 is 10.8. The highest BCUT2D eigenvalue weighted by Crippen LogP contribution is 2.25. The summed E-state index contributed by atoms with van der Waals surface area (Å²) in [6.07, 6.45) is 2.17. The fourth-order valence-corrected chi connectivity index (χ4v) is 3.35. The molecule has 0 aliphatic rings. The molecule has 0 atom stereocenters. The Morgan fingerprint density at radius 3 is 2.34 bits per heavy atom. The average Bonchev–Trinajstić information content (AvgIpc) is 2.85. The first-order valence-electron chi connectivity index (χ1n) is 11.6. The highest BCUT2D eigenvalue weighted by molar-refractivity contribution is 7.80. The lowest BCUT2D eigenvalue weighted by molar-refractivity contribution is -0.143. The van der Waals surface area contributed by atoms with E-state index in [-0.39, 0.29) is 42.4 Å². The van der Waals surface area contributed by atoms with Gasteiger partial charge in [-0.25, -0.2) is 0 Å². The van der Waals surface area contributed by atoms with E-state index in [4.69, 9.17) is 21.7 Å². The number of rotatable bonds is 12. The van der Waals surface area contributed by atoms with Gasteiger partial charge < -0.3 is 14.8 Å². The Bertz CT molecular complexity index is 982. The van der Waals surface area contributed by atoms with Crippen LogP contribution in [0.2, 0.25) is 0 Å². The van der Waals surface area contributed by atoms with Crippen molar-refractivity contribution in [2.45, 2.75) is 51.9 Å². The van der Waals surface area contributed by atoms with E-state index in [1.807, 2.05) is 62.4 Å². The molecule has 0 radical (unpaired) electrons. The first-order chi connectivity index (χ1) is 16.8. The molecule has 2 aromatic rings. The van der Waals surface area contributed by atoms with Crippen LogP contribution >= 0.6 is 12.2 Å². The molecule has 2 amide bonds. The van der Waals surface area contributed by atoms with Crippen LogP contribution in [0.1, 0.15) is 56.6 Å². The molecule has 0 spiro atoms. The number of amides is 2. The third-order valence-electron chi connectivity index (χ3n) is 4.97. The number of hydrogen-bond acceptors (Lipinski definition) is 6. The van der Waals surface area contributed by atoms with Crippen molar-refractivity contribution < 1.29 is 23.9 Å². The minimum atomic E-state index is -0.449. The van der Waals surface area contributed by atoms with Crippen LogP contribution in [0.5, 0.6) is 5.75 Å². The summed E-state index contributed by atoms with van der Waals surface area (Å²) in [6, 6.07) is 17.5. The smallest absolute Gasteiger partial charge is 0.305 e. The Hall–Kier alpha value is -3.46. The Balaban J connectivity index is 1.53. The van der Waals surface area contributed by atoms with Crippen molar-refractivity contribution in [1.82, 2.24) is 16.2 Å². The van der Waals surface area contributed by atoms with Crippen molar-refractivity contribution in [3.05, 3.63) is 65.7 Å². The molecular weight excluding hydrogens is 466 g/mol. The van der Waals surface area contributed by atoms with Gasteiger partial charge in [0.1, 0.15) is 5.75 Å². The SMILES string of the molecule is CC(C)c1ccccc1OCC(=O)NNC(=S)NC(=O)CCCC(=O)OCCCc1ccccc1. The minimum absolute atomic E-state index is 0.0468. The van der Waals surface area contributed by atoms with Gasteiger partial charge in [0.2, 0.25) is 5.91 Å². The third kappa shape index (κ3) is 11.5. The molecule has 0 heterocycles. The summed E-state index contributed by atoms with van der Waals surface area (Å²) in [4.78, 5) is 35.8. The van der Waals surface area contributed by atoms with Crippen molar-refractivity contribution in [3.8, 4) is 5.75 Å². The maximum absolute atomic E-state index is 12.0. The van der Waals surface area contributed by atoms with Gasteiger partial charge in [0.15, 0.2) is 11.7 Å². The van der Waals surface area contributed by atoms with Crippen molar-refractivity contribution >= 4 is 35.1 Å². The summed E-state index contributed by atoms with van der Waals surface area (Å²) in [5, 5.41) is 2.40. The van der Waals surface area contributed by atoms with E-state index in [0.717, 1.165) is 18.4 Å². The highest BCUT2D eigenvalue weighted by Gasteiger charge is 2.11. The fraction of sp³-hybridized carbons (Fsp3) is 0.385. The number of hydrazine groups is 1.